The number of carbonyl (C=O) groups is 2. The molecule has 1 aromatic carbocycles. The number of anilines is 1. The van der Waals surface area contributed by atoms with Crippen molar-refractivity contribution in [2.45, 2.75) is 40.2 Å². The van der Waals surface area contributed by atoms with Gasteiger partial charge in [0, 0.05) is 12.5 Å². The molecule has 134 valence electrons. The van der Waals surface area contributed by atoms with Crippen molar-refractivity contribution in [1.29, 1.82) is 0 Å². The van der Waals surface area contributed by atoms with E-state index in [2.05, 4.69) is 12.6 Å². The van der Waals surface area contributed by atoms with E-state index >= 15 is 0 Å². The number of hydroxylamine groups is 1. The van der Waals surface area contributed by atoms with Gasteiger partial charge in [-0.15, -0.1) is 12.6 Å². The Bertz CT molecular complexity index is 620. The fraction of sp³-hybridized carbons (Fsp3) is 0.467. The zero-order chi connectivity index (χ0) is 19.0. The molecule has 0 unspecified atom stereocenters. The van der Waals surface area contributed by atoms with Crippen LogP contribution in [0.5, 0.6) is 0 Å². The smallest absolute Gasteiger partial charge is 0.328 e. The highest BCUT2D eigenvalue weighted by atomic mass is 32.1. The molecule has 0 fully saturated rings. The van der Waals surface area contributed by atoms with E-state index in [9.17, 15) is 19.7 Å². The number of thiol groups is 1. The highest BCUT2D eigenvalue weighted by Gasteiger charge is 2.27. The van der Waals surface area contributed by atoms with Crippen molar-refractivity contribution in [2.24, 2.45) is 0 Å². The zero-order valence-corrected chi connectivity index (χ0v) is 15.2. The molecule has 0 amide bonds. The van der Waals surface area contributed by atoms with E-state index in [1.54, 1.807) is 26.8 Å². The molecule has 0 spiro atoms. The molecule has 0 saturated heterocycles. The van der Waals surface area contributed by atoms with Gasteiger partial charge in [-0.3, -0.25) is 19.7 Å². The molecule has 9 heteroatoms. The molecule has 0 aromatic heterocycles. The third-order valence-electron chi connectivity index (χ3n) is 3.23. The van der Waals surface area contributed by atoms with Gasteiger partial charge >= 0.3 is 5.97 Å². The Balaban J connectivity index is 0.000000922. The topological polar surface area (TPSA) is 110 Å². The summed E-state index contributed by atoms with van der Waals surface area (Å²) in [4.78, 5) is 36.2. The van der Waals surface area contributed by atoms with E-state index in [1.165, 1.54) is 25.2 Å². The minimum atomic E-state index is -1.08. The standard InChI is InChI=1S/C12H16N2O5.C3H6OS/c1-7-5-6-10(14(17)18)8(2)11(7)13(19-4)9(3)12(15)16;1-2-3(4)5/h5-6,9H,1-4H3,(H,15,16);2H2,1H3,(H,4,5)/t9-;/m0./s1. The number of hydrogen-bond acceptors (Lipinski definition) is 6. The number of carboxylic acids is 1. The third-order valence-corrected chi connectivity index (χ3v) is 3.55. The number of nitro benzene ring substituents is 1. The number of benzene rings is 1. The SMILES string of the molecule is CCC(=O)S.CON(c1c(C)ccc([N+](=O)[O-])c1C)[C@@H](C)C(=O)O. The number of aliphatic carboxylic acids is 1. The van der Waals surface area contributed by atoms with Gasteiger partial charge in [-0.25, -0.2) is 9.86 Å². The van der Waals surface area contributed by atoms with Gasteiger partial charge in [0.15, 0.2) is 11.2 Å². The second-order valence-corrected chi connectivity index (χ2v) is 5.40. The van der Waals surface area contributed by atoms with Gasteiger partial charge in [0.05, 0.1) is 23.3 Å². The van der Waals surface area contributed by atoms with Crippen molar-refractivity contribution in [1.82, 2.24) is 0 Å². The largest absolute Gasteiger partial charge is 0.480 e. The third kappa shape index (κ3) is 5.82. The summed E-state index contributed by atoms with van der Waals surface area (Å²) in [5.41, 5.74) is 1.42. The minimum Gasteiger partial charge on any atom is -0.480 e. The maximum atomic E-state index is 11.1. The molecule has 24 heavy (non-hydrogen) atoms. The first kappa shape index (κ1) is 21.9. The van der Waals surface area contributed by atoms with Crippen LogP contribution >= 0.6 is 12.6 Å². The highest BCUT2D eigenvalue weighted by molar-refractivity contribution is 7.96. The van der Waals surface area contributed by atoms with E-state index in [0.717, 1.165) is 0 Å². The van der Waals surface area contributed by atoms with Crippen molar-refractivity contribution in [3.63, 3.8) is 0 Å². The summed E-state index contributed by atoms with van der Waals surface area (Å²) < 4.78 is 0. The quantitative estimate of drug-likeness (QED) is 0.457. The molecular formula is C15H22N2O6S. The molecule has 8 nitrogen and oxygen atoms in total. The van der Waals surface area contributed by atoms with Crippen LogP contribution in [0.3, 0.4) is 0 Å². The first-order chi connectivity index (χ1) is 11.1. The summed E-state index contributed by atoms with van der Waals surface area (Å²) in [6.45, 7) is 6.53. The number of carbonyl (C=O) groups excluding carboxylic acids is 1. The summed E-state index contributed by atoms with van der Waals surface area (Å²) in [5, 5.41) is 21.1. The molecule has 0 aliphatic rings. The lowest BCUT2D eigenvalue weighted by Gasteiger charge is -2.28. The van der Waals surface area contributed by atoms with E-state index in [-0.39, 0.29) is 10.8 Å². The predicted molar refractivity (Wildman–Crippen MR) is 93.4 cm³/mol. The van der Waals surface area contributed by atoms with Crippen molar-refractivity contribution >= 4 is 35.1 Å². The molecule has 1 rings (SSSR count). The van der Waals surface area contributed by atoms with Crippen molar-refractivity contribution in [3.8, 4) is 0 Å². The molecule has 0 aliphatic heterocycles. The average molecular weight is 358 g/mol. The molecule has 1 aromatic rings. The van der Waals surface area contributed by atoms with Crippen LogP contribution in [0.15, 0.2) is 12.1 Å². The van der Waals surface area contributed by atoms with Gasteiger partial charge < -0.3 is 5.11 Å². The van der Waals surface area contributed by atoms with Crippen LogP contribution in [-0.2, 0) is 14.4 Å². The van der Waals surface area contributed by atoms with E-state index in [1.807, 2.05) is 0 Å². The summed E-state index contributed by atoms with van der Waals surface area (Å²) >= 11 is 3.46. The fourth-order valence-corrected chi connectivity index (χ4v) is 1.91. The van der Waals surface area contributed by atoms with Gasteiger partial charge in [0.25, 0.3) is 5.69 Å². The molecule has 0 bridgehead atoms. The van der Waals surface area contributed by atoms with Gasteiger partial charge in [-0.2, -0.15) is 0 Å². The maximum Gasteiger partial charge on any atom is 0.328 e. The van der Waals surface area contributed by atoms with Crippen LogP contribution in [0.1, 0.15) is 31.4 Å². The summed E-state index contributed by atoms with van der Waals surface area (Å²) in [6.07, 6.45) is 0.531. The molecule has 1 N–H and O–H groups in total. The lowest BCUT2D eigenvalue weighted by atomic mass is 10.1. The van der Waals surface area contributed by atoms with Crippen LogP contribution in [0, 0.1) is 24.0 Å². The van der Waals surface area contributed by atoms with Crippen molar-refractivity contribution < 1.29 is 24.5 Å². The highest BCUT2D eigenvalue weighted by Crippen LogP contribution is 2.33. The molecule has 0 radical (unpaired) electrons. The van der Waals surface area contributed by atoms with Crippen LogP contribution in [0.2, 0.25) is 0 Å². The first-order valence-electron chi connectivity index (χ1n) is 7.10. The van der Waals surface area contributed by atoms with Crippen LogP contribution < -0.4 is 5.06 Å². The number of hydrogen-bond donors (Lipinski definition) is 2. The Morgan fingerprint density at radius 3 is 2.25 bits per heavy atom. The summed E-state index contributed by atoms with van der Waals surface area (Å²) in [7, 11) is 1.33. The first-order valence-corrected chi connectivity index (χ1v) is 7.55. The maximum absolute atomic E-state index is 11.1. The van der Waals surface area contributed by atoms with E-state index < -0.39 is 16.9 Å². The van der Waals surface area contributed by atoms with Crippen molar-refractivity contribution in [2.75, 3.05) is 12.2 Å². The summed E-state index contributed by atoms with van der Waals surface area (Å²) in [5.74, 6) is -1.08. The second-order valence-electron chi connectivity index (χ2n) is 4.90. The number of carboxylic acid groups (broad SMARTS) is 1. The number of nitro groups is 1. The Hall–Kier alpha value is -2.13. The van der Waals surface area contributed by atoms with Gasteiger partial charge in [0.1, 0.15) is 0 Å². The van der Waals surface area contributed by atoms with Gasteiger partial charge in [0.2, 0.25) is 0 Å². The summed E-state index contributed by atoms with van der Waals surface area (Å²) in [6, 6.07) is 2.01. The molecule has 1 atom stereocenters. The Morgan fingerprint density at radius 1 is 1.42 bits per heavy atom. The minimum absolute atomic E-state index is 0.0509. The fourth-order valence-electron chi connectivity index (χ4n) is 1.91. The number of nitrogens with zero attached hydrogens (tertiary/aromatic N) is 2. The Kier molecular flexibility index (Phi) is 9.01. The van der Waals surface area contributed by atoms with Crippen LogP contribution in [0.4, 0.5) is 11.4 Å². The molecule has 0 aliphatic carbocycles. The lowest BCUT2D eigenvalue weighted by Crippen LogP contribution is -2.39. The Labute approximate surface area is 145 Å². The van der Waals surface area contributed by atoms with E-state index in [0.29, 0.717) is 23.2 Å². The Morgan fingerprint density at radius 2 is 1.92 bits per heavy atom. The van der Waals surface area contributed by atoms with Crippen molar-refractivity contribution in [3.05, 3.63) is 33.4 Å². The monoisotopic (exact) mass is 358 g/mol. The van der Waals surface area contributed by atoms with Gasteiger partial charge in [-0.05, 0) is 26.3 Å². The van der Waals surface area contributed by atoms with Crippen LogP contribution in [0.25, 0.3) is 0 Å². The predicted octanol–water partition coefficient (Wildman–Crippen LogP) is 2.91. The molecule has 0 heterocycles. The van der Waals surface area contributed by atoms with E-state index in [4.69, 9.17) is 9.94 Å². The molecule has 0 saturated carbocycles. The molecular weight excluding hydrogens is 336 g/mol. The normalized spacial score (nSPS) is 11.1. The van der Waals surface area contributed by atoms with Crippen LogP contribution in [-0.4, -0.2) is 34.3 Å². The lowest BCUT2D eigenvalue weighted by molar-refractivity contribution is -0.385. The number of rotatable bonds is 6. The van der Waals surface area contributed by atoms with Gasteiger partial charge in [-0.1, -0.05) is 13.0 Å². The number of aryl methyl sites for hydroxylation is 1. The second kappa shape index (κ2) is 9.89. The average Bonchev–Trinajstić information content (AvgIpc) is 2.50. The zero-order valence-electron chi connectivity index (χ0n) is 14.3.